The van der Waals surface area contributed by atoms with Gasteiger partial charge >= 0.3 is 0 Å². The summed E-state index contributed by atoms with van der Waals surface area (Å²) >= 11 is 5.93. The van der Waals surface area contributed by atoms with E-state index in [2.05, 4.69) is 11.9 Å². The van der Waals surface area contributed by atoms with Gasteiger partial charge in [0.2, 0.25) is 0 Å². The van der Waals surface area contributed by atoms with Gasteiger partial charge in [0.15, 0.2) is 0 Å². The largest absolute Gasteiger partial charge is 0.295 e. The molecule has 3 rings (SSSR count). The van der Waals surface area contributed by atoms with Crippen molar-refractivity contribution in [3.05, 3.63) is 40.4 Å². The molecular formula is C14H15ClN2O. The van der Waals surface area contributed by atoms with Crippen LogP contribution in [0.3, 0.4) is 0 Å². The minimum absolute atomic E-state index is 0.0318. The Kier molecular flexibility index (Phi) is 2.67. The molecule has 0 amide bonds. The van der Waals surface area contributed by atoms with E-state index in [9.17, 15) is 4.79 Å². The molecular weight excluding hydrogens is 248 g/mol. The smallest absolute Gasteiger partial charge is 0.261 e. The summed E-state index contributed by atoms with van der Waals surface area (Å²) < 4.78 is 1.75. The van der Waals surface area contributed by atoms with E-state index in [1.807, 2.05) is 24.3 Å². The van der Waals surface area contributed by atoms with Crippen LogP contribution in [0, 0.1) is 5.41 Å². The molecule has 1 saturated carbocycles. The predicted molar refractivity (Wildman–Crippen MR) is 72.9 cm³/mol. The van der Waals surface area contributed by atoms with Crippen LogP contribution in [0.2, 0.25) is 0 Å². The fraction of sp³-hybridized carbons (Fsp3) is 0.429. The van der Waals surface area contributed by atoms with E-state index in [-0.39, 0.29) is 16.9 Å². The van der Waals surface area contributed by atoms with Crippen molar-refractivity contribution >= 4 is 22.5 Å². The fourth-order valence-corrected chi connectivity index (χ4v) is 2.44. The lowest BCUT2D eigenvalue weighted by molar-refractivity contribution is 0.444. The normalized spacial score (nSPS) is 17.0. The summed E-state index contributed by atoms with van der Waals surface area (Å²) in [6.07, 6.45) is 2.35. The topological polar surface area (TPSA) is 34.9 Å². The lowest BCUT2D eigenvalue weighted by Crippen LogP contribution is -2.28. The van der Waals surface area contributed by atoms with Gasteiger partial charge in [-0.15, -0.1) is 11.6 Å². The second-order valence-corrected chi connectivity index (χ2v) is 5.65. The van der Waals surface area contributed by atoms with Gasteiger partial charge in [-0.3, -0.25) is 9.36 Å². The molecule has 1 aliphatic rings. The second-order valence-electron chi connectivity index (χ2n) is 5.38. The molecule has 1 heterocycles. The lowest BCUT2D eigenvalue weighted by Gasteiger charge is -2.15. The van der Waals surface area contributed by atoms with E-state index in [4.69, 9.17) is 11.6 Å². The molecule has 1 aliphatic carbocycles. The van der Waals surface area contributed by atoms with Crippen LogP contribution in [0.15, 0.2) is 29.1 Å². The Balaban J connectivity index is 2.21. The van der Waals surface area contributed by atoms with Crippen LogP contribution < -0.4 is 5.56 Å². The number of para-hydroxylation sites is 1. The fourth-order valence-electron chi connectivity index (χ4n) is 2.23. The number of fused-ring (bicyclic) bond motifs is 1. The third-order valence-corrected chi connectivity index (χ3v) is 3.94. The first kappa shape index (κ1) is 11.7. The summed E-state index contributed by atoms with van der Waals surface area (Å²) in [6.45, 7) is 2.93. The summed E-state index contributed by atoms with van der Waals surface area (Å²) in [7, 11) is 0. The van der Waals surface area contributed by atoms with Gasteiger partial charge in [0.25, 0.3) is 5.56 Å². The van der Waals surface area contributed by atoms with E-state index in [1.165, 1.54) is 12.8 Å². The Morgan fingerprint density at radius 3 is 2.78 bits per heavy atom. The van der Waals surface area contributed by atoms with Crippen LogP contribution in [-0.4, -0.2) is 9.55 Å². The molecule has 18 heavy (non-hydrogen) atoms. The minimum Gasteiger partial charge on any atom is -0.295 e. The summed E-state index contributed by atoms with van der Waals surface area (Å²) in [5, 5.41) is 0.676. The highest BCUT2D eigenvalue weighted by Crippen LogP contribution is 2.46. The summed E-state index contributed by atoms with van der Waals surface area (Å²) in [5.74, 6) is 0.948. The van der Waals surface area contributed by atoms with Crippen molar-refractivity contribution in [2.75, 3.05) is 0 Å². The maximum atomic E-state index is 12.5. The van der Waals surface area contributed by atoms with Crippen molar-refractivity contribution in [2.45, 2.75) is 32.2 Å². The number of aromatic nitrogens is 2. The summed E-state index contributed by atoms with van der Waals surface area (Å²) in [6, 6.07) is 7.44. The van der Waals surface area contributed by atoms with Crippen LogP contribution in [0.1, 0.15) is 25.6 Å². The van der Waals surface area contributed by atoms with Gasteiger partial charge in [-0.25, -0.2) is 4.98 Å². The maximum absolute atomic E-state index is 12.5. The molecule has 0 unspecified atom stereocenters. The highest BCUT2D eigenvalue weighted by atomic mass is 35.5. The van der Waals surface area contributed by atoms with Crippen LogP contribution in [0.5, 0.6) is 0 Å². The predicted octanol–water partition coefficient (Wildman–Crippen LogP) is 2.94. The Hall–Kier alpha value is -1.35. The highest BCUT2D eigenvalue weighted by molar-refractivity contribution is 6.16. The molecule has 1 aromatic carbocycles. The van der Waals surface area contributed by atoms with Crippen molar-refractivity contribution < 1.29 is 0 Å². The van der Waals surface area contributed by atoms with Crippen molar-refractivity contribution in [2.24, 2.45) is 5.41 Å². The first-order chi connectivity index (χ1) is 8.63. The van der Waals surface area contributed by atoms with Gasteiger partial charge in [-0.1, -0.05) is 19.1 Å². The highest BCUT2D eigenvalue weighted by Gasteiger charge is 2.38. The number of alkyl halides is 1. The van der Waals surface area contributed by atoms with Gasteiger partial charge in [-0.2, -0.15) is 0 Å². The second kappa shape index (κ2) is 4.09. The molecule has 0 spiro atoms. The van der Waals surface area contributed by atoms with E-state index in [0.717, 1.165) is 12.1 Å². The number of benzene rings is 1. The zero-order chi connectivity index (χ0) is 12.8. The summed E-state index contributed by atoms with van der Waals surface area (Å²) in [5.41, 5.74) is 1.02. The zero-order valence-corrected chi connectivity index (χ0v) is 11.1. The molecule has 2 aromatic rings. The average molecular weight is 263 g/mol. The molecule has 3 nitrogen and oxygen atoms in total. The number of rotatable bonds is 3. The molecule has 0 N–H and O–H groups in total. The van der Waals surface area contributed by atoms with Crippen LogP contribution in [0.4, 0.5) is 0 Å². The lowest BCUT2D eigenvalue weighted by atomic mass is 10.1. The molecule has 94 valence electrons. The first-order valence-corrected chi connectivity index (χ1v) is 6.71. The first-order valence-electron chi connectivity index (χ1n) is 6.17. The van der Waals surface area contributed by atoms with Gasteiger partial charge < -0.3 is 0 Å². The van der Waals surface area contributed by atoms with Gasteiger partial charge in [0.05, 0.1) is 16.8 Å². The van der Waals surface area contributed by atoms with Crippen LogP contribution in [-0.2, 0) is 12.4 Å². The maximum Gasteiger partial charge on any atom is 0.261 e. The molecule has 1 aromatic heterocycles. The number of nitrogens with zero attached hydrogens (tertiary/aromatic N) is 2. The average Bonchev–Trinajstić information content (AvgIpc) is 3.11. The Labute approximate surface area is 110 Å². The van der Waals surface area contributed by atoms with Crippen molar-refractivity contribution in [3.8, 4) is 0 Å². The van der Waals surface area contributed by atoms with E-state index < -0.39 is 0 Å². The Morgan fingerprint density at radius 1 is 1.39 bits per heavy atom. The van der Waals surface area contributed by atoms with Gasteiger partial charge in [0, 0.05) is 6.54 Å². The standard InChI is InChI=1S/C14H15ClN2O/c1-14(6-7-14)9-17-12(8-15)16-11-5-3-2-4-10(11)13(17)18/h2-5H,6-9H2,1H3. The van der Waals surface area contributed by atoms with Crippen molar-refractivity contribution in [1.29, 1.82) is 0 Å². The number of hydrogen-bond acceptors (Lipinski definition) is 2. The molecule has 0 bridgehead atoms. The Morgan fingerprint density at radius 2 is 2.11 bits per heavy atom. The van der Waals surface area contributed by atoms with Gasteiger partial charge in [0.1, 0.15) is 5.82 Å². The van der Waals surface area contributed by atoms with Crippen molar-refractivity contribution in [1.82, 2.24) is 9.55 Å². The molecule has 0 radical (unpaired) electrons. The van der Waals surface area contributed by atoms with Crippen LogP contribution >= 0.6 is 11.6 Å². The summed E-state index contributed by atoms with van der Waals surface area (Å²) in [4.78, 5) is 17.0. The zero-order valence-electron chi connectivity index (χ0n) is 10.3. The van der Waals surface area contributed by atoms with Crippen LogP contribution in [0.25, 0.3) is 10.9 Å². The van der Waals surface area contributed by atoms with E-state index >= 15 is 0 Å². The molecule has 0 atom stereocenters. The van der Waals surface area contributed by atoms with Crippen molar-refractivity contribution in [3.63, 3.8) is 0 Å². The minimum atomic E-state index is 0.0318. The third kappa shape index (κ3) is 1.93. The number of hydrogen-bond donors (Lipinski definition) is 0. The molecule has 0 aliphatic heterocycles. The molecule has 1 fully saturated rings. The SMILES string of the molecule is CC1(Cn2c(CCl)nc3ccccc3c2=O)CC1. The van der Waals surface area contributed by atoms with E-state index in [0.29, 0.717) is 11.2 Å². The van der Waals surface area contributed by atoms with Gasteiger partial charge in [-0.05, 0) is 30.4 Å². The monoisotopic (exact) mass is 262 g/mol. The van der Waals surface area contributed by atoms with E-state index in [1.54, 1.807) is 4.57 Å². The Bertz CT molecular complexity index is 658. The third-order valence-electron chi connectivity index (χ3n) is 3.70. The quantitative estimate of drug-likeness (QED) is 0.797. The molecule has 0 saturated heterocycles. The molecule has 4 heteroatoms. The number of halogens is 1.